The van der Waals surface area contributed by atoms with Crippen molar-refractivity contribution in [2.75, 3.05) is 32.7 Å². The van der Waals surface area contributed by atoms with Gasteiger partial charge in [0.05, 0.1) is 0 Å². The Morgan fingerprint density at radius 2 is 1.86 bits per heavy atom. The van der Waals surface area contributed by atoms with Crippen LogP contribution in [0.2, 0.25) is 0 Å². The van der Waals surface area contributed by atoms with Gasteiger partial charge < -0.3 is 9.47 Å². The smallest absolute Gasteiger partial charge is 0.270 e. The Bertz CT molecular complexity index is 540. The molecule has 1 amide bonds. The van der Waals surface area contributed by atoms with Crippen molar-refractivity contribution in [3.8, 4) is 0 Å². The molecule has 4 rings (SSSR count). The number of hydrogen-bond donors (Lipinski definition) is 0. The maximum absolute atomic E-state index is 12.8. The maximum atomic E-state index is 12.8. The Balaban J connectivity index is 1.41. The number of aromatic nitrogens is 1. The van der Waals surface area contributed by atoms with Crippen LogP contribution >= 0.6 is 15.9 Å². The molecule has 4 nitrogen and oxygen atoms in total. The third-order valence-electron chi connectivity index (χ3n) is 4.85. The summed E-state index contributed by atoms with van der Waals surface area (Å²) >= 11 is 3.52. The predicted molar refractivity (Wildman–Crippen MR) is 85.5 cm³/mol. The minimum Gasteiger partial charge on any atom is -0.339 e. The molecule has 0 radical (unpaired) electrons. The highest BCUT2D eigenvalue weighted by Gasteiger charge is 2.31. The Hall–Kier alpha value is -0.810. The van der Waals surface area contributed by atoms with E-state index in [0.29, 0.717) is 6.04 Å². The molecule has 1 aliphatic heterocycles. The molecule has 3 fully saturated rings. The molecule has 21 heavy (non-hydrogen) atoms. The molecule has 3 aliphatic rings. The number of halogens is 1. The first kappa shape index (κ1) is 13.8. The average Bonchev–Trinajstić information content (AvgIpc) is 3.39. The Morgan fingerprint density at radius 3 is 2.48 bits per heavy atom. The number of rotatable bonds is 4. The van der Waals surface area contributed by atoms with Crippen LogP contribution in [0.4, 0.5) is 0 Å². The molecule has 2 aliphatic carbocycles. The summed E-state index contributed by atoms with van der Waals surface area (Å²) in [5.41, 5.74) is 0.861. The van der Waals surface area contributed by atoms with Crippen molar-refractivity contribution in [1.82, 2.24) is 14.4 Å². The third kappa shape index (κ3) is 3.04. The lowest BCUT2D eigenvalue weighted by atomic mass is 10.2. The molecule has 1 aromatic heterocycles. The zero-order valence-electron chi connectivity index (χ0n) is 12.3. The van der Waals surface area contributed by atoms with Gasteiger partial charge in [-0.2, -0.15) is 0 Å². The maximum Gasteiger partial charge on any atom is 0.270 e. The van der Waals surface area contributed by atoms with Crippen LogP contribution < -0.4 is 0 Å². The minimum absolute atomic E-state index is 0.207. The molecular formula is C16H22BrN3O. The van der Waals surface area contributed by atoms with Crippen molar-refractivity contribution in [2.24, 2.45) is 5.92 Å². The summed E-state index contributed by atoms with van der Waals surface area (Å²) in [5.74, 6) is 1.15. The van der Waals surface area contributed by atoms with Crippen LogP contribution in [0, 0.1) is 5.92 Å². The number of amides is 1. The standard InChI is InChI=1S/C16H22BrN3O/c17-13-9-15(20(11-13)14-3-4-14)16(21)19-7-5-18(6-8-19)10-12-1-2-12/h9,11-12,14H,1-8,10H2. The molecule has 0 aromatic carbocycles. The van der Waals surface area contributed by atoms with Gasteiger partial charge in [-0.3, -0.25) is 9.69 Å². The summed E-state index contributed by atoms with van der Waals surface area (Å²) in [4.78, 5) is 17.3. The lowest BCUT2D eigenvalue weighted by Gasteiger charge is -2.34. The average molecular weight is 352 g/mol. The van der Waals surface area contributed by atoms with Crippen LogP contribution in [0.15, 0.2) is 16.7 Å². The van der Waals surface area contributed by atoms with Gasteiger partial charge in [0.1, 0.15) is 5.69 Å². The molecule has 0 atom stereocenters. The number of nitrogens with zero attached hydrogens (tertiary/aromatic N) is 3. The van der Waals surface area contributed by atoms with E-state index in [1.54, 1.807) is 0 Å². The van der Waals surface area contributed by atoms with Crippen molar-refractivity contribution in [3.63, 3.8) is 0 Å². The number of hydrogen-bond acceptors (Lipinski definition) is 2. The van der Waals surface area contributed by atoms with E-state index in [1.807, 2.05) is 11.0 Å². The van der Waals surface area contributed by atoms with E-state index in [2.05, 4.69) is 31.6 Å². The van der Waals surface area contributed by atoms with Crippen molar-refractivity contribution in [2.45, 2.75) is 31.7 Å². The highest BCUT2D eigenvalue weighted by atomic mass is 79.9. The van der Waals surface area contributed by atoms with E-state index < -0.39 is 0 Å². The van der Waals surface area contributed by atoms with E-state index in [9.17, 15) is 4.79 Å². The zero-order chi connectivity index (χ0) is 14.4. The Morgan fingerprint density at radius 1 is 1.14 bits per heavy atom. The third-order valence-corrected chi connectivity index (χ3v) is 5.28. The van der Waals surface area contributed by atoms with Crippen molar-refractivity contribution < 1.29 is 4.79 Å². The first-order valence-electron chi connectivity index (χ1n) is 8.10. The van der Waals surface area contributed by atoms with Crippen LogP contribution in [0.1, 0.15) is 42.2 Å². The quantitative estimate of drug-likeness (QED) is 0.834. The van der Waals surface area contributed by atoms with Gasteiger partial charge in [0.2, 0.25) is 0 Å². The van der Waals surface area contributed by atoms with E-state index in [0.717, 1.165) is 42.3 Å². The zero-order valence-corrected chi connectivity index (χ0v) is 13.9. The number of piperazine rings is 1. The highest BCUT2D eigenvalue weighted by molar-refractivity contribution is 9.10. The Labute approximate surface area is 134 Å². The van der Waals surface area contributed by atoms with Crippen LogP contribution in [0.25, 0.3) is 0 Å². The van der Waals surface area contributed by atoms with Gasteiger partial charge in [-0.15, -0.1) is 0 Å². The Kier molecular flexibility index (Phi) is 3.58. The SMILES string of the molecule is O=C(c1cc(Br)cn1C1CC1)N1CCN(CC2CC2)CC1. The fraction of sp³-hybridized carbons (Fsp3) is 0.688. The van der Waals surface area contributed by atoms with Gasteiger partial charge in [0, 0.05) is 49.4 Å². The van der Waals surface area contributed by atoms with Crippen molar-refractivity contribution in [3.05, 3.63) is 22.4 Å². The van der Waals surface area contributed by atoms with Crippen LogP contribution in [-0.2, 0) is 0 Å². The largest absolute Gasteiger partial charge is 0.339 e. The monoisotopic (exact) mass is 351 g/mol. The first-order chi connectivity index (χ1) is 10.2. The lowest BCUT2D eigenvalue weighted by Crippen LogP contribution is -2.49. The summed E-state index contributed by atoms with van der Waals surface area (Å²) in [7, 11) is 0. The first-order valence-corrected chi connectivity index (χ1v) is 8.89. The minimum atomic E-state index is 0.207. The second-order valence-electron chi connectivity index (χ2n) is 6.72. The summed E-state index contributed by atoms with van der Waals surface area (Å²) in [6.07, 6.45) is 7.28. The summed E-state index contributed by atoms with van der Waals surface area (Å²) in [6.45, 7) is 5.06. The lowest BCUT2D eigenvalue weighted by molar-refractivity contribution is 0.0621. The molecule has 0 N–H and O–H groups in total. The second kappa shape index (κ2) is 5.43. The molecule has 5 heteroatoms. The molecule has 2 saturated carbocycles. The van der Waals surface area contributed by atoms with Gasteiger partial charge in [-0.1, -0.05) is 0 Å². The van der Waals surface area contributed by atoms with E-state index >= 15 is 0 Å². The number of carbonyl (C=O) groups is 1. The summed E-state index contributed by atoms with van der Waals surface area (Å²) in [6, 6.07) is 2.53. The van der Waals surface area contributed by atoms with Crippen LogP contribution in [-0.4, -0.2) is 53.0 Å². The predicted octanol–water partition coefficient (Wildman–Crippen LogP) is 2.75. The van der Waals surface area contributed by atoms with Gasteiger partial charge in [0.25, 0.3) is 5.91 Å². The fourth-order valence-electron chi connectivity index (χ4n) is 3.23. The van der Waals surface area contributed by atoms with Crippen LogP contribution in [0.3, 0.4) is 0 Å². The van der Waals surface area contributed by atoms with E-state index in [-0.39, 0.29) is 5.91 Å². The molecule has 114 valence electrons. The van der Waals surface area contributed by atoms with Gasteiger partial charge in [-0.25, -0.2) is 0 Å². The molecule has 2 heterocycles. The van der Waals surface area contributed by atoms with Gasteiger partial charge in [-0.05, 0) is 53.6 Å². The van der Waals surface area contributed by atoms with Crippen molar-refractivity contribution >= 4 is 21.8 Å². The van der Waals surface area contributed by atoms with Gasteiger partial charge >= 0.3 is 0 Å². The van der Waals surface area contributed by atoms with Crippen LogP contribution in [0.5, 0.6) is 0 Å². The molecule has 0 spiro atoms. The fourth-order valence-corrected chi connectivity index (χ4v) is 3.67. The molecule has 0 bridgehead atoms. The number of carbonyl (C=O) groups excluding carboxylic acids is 1. The molecule has 1 saturated heterocycles. The normalized spacial score (nSPS) is 23.6. The van der Waals surface area contributed by atoms with Crippen molar-refractivity contribution in [1.29, 1.82) is 0 Å². The summed E-state index contributed by atoms with van der Waals surface area (Å²) < 4.78 is 3.19. The molecule has 0 unspecified atom stereocenters. The molecular weight excluding hydrogens is 330 g/mol. The van der Waals surface area contributed by atoms with E-state index in [1.165, 1.54) is 32.2 Å². The van der Waals surface area contributed by atoms with Gasteiger partial charge in [0.15, 0.2) is 0 Å². The second-order valence-corrected chi connectivity index (χ2v) is 7.63. The molecule has 1 aromatic rings. The topological polar surface area (TPSA) is 28.5 Å². The summed E-state index contributed by atoms with van der Waals surface area (Å²) in [5, 5.41) is 0. The van der Waals surface area contributed by atoms with E-state index in [4.69, 9.17) is 0 Å². The highest BCUT2D eigenvalue weighted by Crippen LogP contribution is 2.38.